The highest BCUT2D eigenvalue weighted by Crippen LogP contribution is 2.17. The van der Waals surface area contributed by atoms with E-state index in [9.17, 15) is 0 Å². The molecule has 0 aliphatic heterocycles. The molecule has 0 unspecified atom stereocenters. The van der Waals surface area contributed by atoms with E-state index in [2.05, 4.69) is 65.6 Å². The van der Waals surface area contributed by atoms with Gasteiger partial charge in [-0.3, -0.25) is 0 Å². The highest BCUT2D eigenvalue weighted by molar-refractivity contribution is 7.99. The van der Waals surface area contributed by atoms with Gasteiger partial charge in [-0.15, -0.1) is 11.8 Å². The number of aryl methyl sites for hydroxylation is 1. The molecule has 96 valence electrons. The Bertz CT molecular complexity index is 451. The maximum absolute atomic E-state index is 3.34. The molecule has 0 aliphatic carbocycles. The molecule has 1 N–H and O–H groups in total. The van der Waals surface area contributed by atoms with Crippen molar-refractivity contribution in [3.05, 3.63) is 54.4 Å². The van der Waals surface area contributed by atoms with Crippen molar-refractivity contribution in [1.82, 2.24) is 9.88 Å². The lowest BCUT2D eigenvalue weighted by molar-refractivity contribution is 0.718. The number of thioether (sulfide) groups is 1. The Hall–Kier alpha value is -1.19. The molecule has 18 heavy (non-hydrogen) atoms. The van der Waals surface area contributed by atoms with Crippen LogP contribution in [0.1, 0.15) is 12.5 Å². The Morgan fingerprint density at radius 3 is 2.78 bits per heavy atom. The monoisotopic (exact) mass is 260 g/mol. The normalized spacial score (nSPS) is 10.7. The lowest BCUT2D eigenvalue weighted by atomic mass is 10.3. The van der Waals surface area contributed by atoms with Crippen molar-refractivity contribution in [3.8, 4) is 0 Å². The number of nitrogens with one attached hydrogen (secondary N) is 1. The van der Waals surface area contributed by atoms with E-state index in [1.165, 1.54) is 10.5 Å². The molecule has 1 aromatic heterocycles. The second-order valence-electron chi connectivity index (χ2n) is 4.20. The zero-order chi connectivity index (χ0) is 12.6. The molecule has 2 nitrogen and oxygen atoms in total. The molecule has 0 amide bonds. The van der Waals surface area contributed by atoms with Crippen LogP contribution < -0.4 is 5.32 Å². The van der Waals surface area contributed by atoms with Crippen LogP contribution in [0.25, 0.3) is 0 Å². The van der Waals surface area contributed by atoms with Crippen molar-refractivity contribution in [2.45, 2.75) is 24.9 Å². The first-order valence-electron chi connectivity index (χ1n) is 6.41. The first-order chi connectivity index (χ1) is 8.88. The quantitative estimate of drug-likeness (QED) is 0.769. The average Bonchev–Trinajstić information content (AvgIpc) is 2.85. The summed E-state index contributed by atoms with van der Waals surface area (Å²) in [5, 5.41) is 3.34. The molecule has 1 heterocycles. The van der Waals surface area contributed by atoms with E-state index in [0.717, 1.165) is 25.4 Å². The summed E-state index contributed by atoms with van der Waals surface area (Å²) in [5.41, 5.74) is 1.36. The molecule has 2 rings (SSSR count). The van der Waals surface area contributed by atoms with Crippen LogP contribution in [0.2, 0.25) is 0 Å². The van der Waals surface area contributed by atoms with Gasteiger partial charge in [-0.1, -0.05) is 25.1 Å². The van der Waals surface area contributed by atoms with E-state index in [1.54, 1.807) is 0 Å². The summed E-state index contributed by atoms with van der Waals surface area (Å²) in [6, 6.07) is 12.8. The summed E-state index contributed by atoms with van der Waals surface area (Å²) in [6.07, 6.45) is 4.40. The maximum atomic E-state index is 3.34. The Morgan fingerprint density at radius 1 is 1.17 bits per heavy atom. The van der Waals surface area contributed by atoms with E-state index in [0.29, 0.717) is 0 Å². The molecule has 0 saturated heterocycles. The van der Waals surface area contributed by atoms with Crippen molar-refractivity contribution in [1.29, 1.82) is 0 Å². The predicted molar refractivity (Wildman–Crippen MR) is 79.0 cm³/mol. The van der Waals surface area contributed by atoms with Crippen LogP contribution in [0.3, 0.4) is 0 Å². The number of nitrogens with zero attached hydrogens (tertiary/aromatic N) is 1. The zero-order valence-electron chi connectivity index (χ0n) is 10.8. The van der Waals surface area contributed by atoms with Gasteiger partial charge in [0.2, 0.25) is 0 Å². The molecule has 0 aliphatic rings. The van der Waals surface area contributed by atoms with Gasteiger partial charge < -0.3 is 9.88 Å². The molecule has 0 fully saturated rings. The van der Waals surface area contributed by atoms with Gasteiger partial charge in [0, 0.05) is 36.1 Å². The van der Waals surface area contributed by atoms with Gasteiger partial charge in [0.1, 0.15) is 0 Å². The van der Waals surface area contributed by atoms with Crippen LogP contribution in [0, 0.1) is 0 Å². The minimum absolute atomic E-state index is 0.968. The fourth-order valence-corrected chi connectivity index (χ4v) is 2.68. The van der Waals surface area contributed by atoms with Crippen LogP contribution in [0.4, 0.5) is 0 Å². The minimum Gasteiger partial charge on any atom is -0.353 e. The second-order valence-corrected chi connectivity index (χ2v) is 5.37. The number of rotatable bonds is 7. The van der Waals surface area contributed by atoms with E-state index in [4.69, 9.17) is 0 Å². The predicted octanol–water partition coefficient (Wildman–Crippen LogP) is 3.39. The van der Waals surface area contributed by atoms with Gasteiger partial charge in [0.25, 0.3) is 0 Å². The van der Waals surface area contributed by atoms with Crippen molar-refractivity contribution in [2.24, 2.45) is 0 Å². The van der Waals surface area contributed by atoms with Crippen molar-refractivity contribution in [3.63, 3.8) is 0 Å². The fraction of sp³-hybridized carbons (Fsp3) is 0.333. The average molecular weight is 260 g/mol. The van der Waals surface area contributed by atoms with E-state index < -0.39 is 0 Å². The Morgan fingerprint density at radius 2 is 2.00 bits per heavy atom. The minimum atomic E-state index is 0.968. The Kier molecular flexibility index (Phi) is 5.36. The third-order valence-corrected chi connectivity index (χ3v) is 3.74. The number of benzene rings is 1. The zero-order valence-corrected chi connectivity index (χ0v) is 11.6. The van der Waals surface area contributed by atoms with Crippen molar-refractivity contribution < 1.29 is 0 Å². The SMILES string of the molecule is CCNCc1ccn(CCSc2ccccc2)c1. The van der Waals surface area contributed by atoms with Gasteiger partial charge >= 0.3 is 0 Å². The standard InChI is InChI=1S/C15H20N2S/c1-2-16-12-14-8-9-17(13-14)10-11-18-15-6-4-3-5-7-15/h3-9,13,16H,2,10-12H2,1H3. The van der Waals surface area contributed by atoms with Crippen LogP contribution in [-0.4, -0.2) is 16.9 Å². The van der Waals surface area contributed by atoms with Crippen LogP contribution in [0.5, 0.6) is 0 Å². The highest BCUT2D eigenvalue weighted by Gasteiger charge is 1.97. The topological polar surface area (TPSA) is 17.0 Å². The second kappa shape index (κ2) is 7.29. The van der Waals surface area contributed by atoms with E-state index in [-0.39, 0.29) is 0 Å². The van der Waals surface area contributed by atoms with Gasteiger partial charge in [-0.25, -0.2) is 0 Å². The molecule has 0 radical (unpaired) electrons. The Balaban J connectivity index is 1.75. The van der Waals surface area contributed by atoms with Crippen molar-refractivity contribution in [2.75, 3.05) is 12.3 Å². The fourth-order valence-electron chi connectivity index (χ4n) is 1.79. The molecular formula is C15H20N2S. The third-order valence-electron chi connectivity index (χ3n) is 2.75. The van der Waals surface area contributed by atoms with Gasteiger partial charge in [-0.2, -0.15) is 0 Å². The van der Waals surface area contributed by atoms with Crippen LogP contribution in [-0.2, 0) is 13.1 Å². The smallest absolute Gasteiger partial charge is 0.0314 e. The molecule has 0 atom stereocenters. The van der Waals surface area contributed by atoms with Crippen molar-refractivity contribution >= 4 is 11.8 Å². The maximum Gasteiger partial charge on any atom is 0.0314 e. The first-order valence-corrected chi connectivity index (χ1v) is 7.40. The molecule has 3 heteroatoms. The number of hydrogen-bond acceptors (Lipinski definition) is 2. The molecule has 1 aromatic carbocycles. The summed E-state index contributed by atoms with van der Waals surface area (Å²) in [6.45, 7) is 5.18. The largest absolute Gasteiger partial charge is 0.353 e. The summed E-state index contributed by atoms with van der Waals surface area (Å²) >= 11 is 1.91. The van der Waals surface area contributed by atoms with Crippen LogP contribution in [0.15, 0.2) is 53.7 Å². The lowest BCUT2D eigenvalue weighted by Crippen LogP contribution is -2.11. The van der Waals surface area contributed by atoms with Crippen LogP contribution >= 0.6 is 11.8 Å². The summed E-state index contributed by atoms with van der Waals surface area (Å²) < 4.78 is 2.27. The molecule has 2 aromatic rings. The number of aromatic nitrogens is 1. The molecule has 0 saturated carbocycles. The third kappa shape index (κ3) is 4.24. The molecule has 0 spiro atoms. The van der Waals surface area contributed by atoms with Gasteiger partial charge in [0.15, 0.2) is 0 Å². The Labute approximate surface area is 113 Å². The molecular weight excluding hydrogens is 240 g/mol. The van der Waals surface area contributed by atoms with Gasteiger partial charge in [0.05, 0.1) is 0 Å². The first kappa shape index (κ1) is 13.2. The van der Waals surface area contributed by atoms with E-state index in [1.807, 2.05) is 11.8 Å². The van der Waals surface area contributed by atoms with Gasteiger partial charge in [-0.05, 0) is 30.3 Å². The summed E-state index contributed by atoms with van der Waals surface area (Å²) in [5.74, 6) is 1.11. The number of hydrogen-bond donors (Lipinski definition) is 1. The lowest BCUT2D eigenvalue weighted by Gasteiger charge is -2.03. The van der Waals surface area contributed by atoms with E-state index >= 15 is 0 Å². The summed E-state index contributed by atoms with van der Waals surface area (Å²) in [4.78, 5) is 1.34. The highest BCUT2D eigenvalue weighted by atomic mass is 32.2. The summed E-state index contributed by atoms with van der Waals surface area (Å²) in [7, 11) is 0. The molecule has 0 bridgehead atoms.